The van der Waals surface area contributed by atoms with Crippen molar-refractivity contribution in [2.24, 2.45) is 5.41 Å². The molecule has 1 fully saturated rings. The number of rotatable bonds is 2. The normalized spacial score (nSPS) is 17.6. The second-order valence-corrected chi connectivity index (χ2v) is 6.34. The van der Waals surface area contributed by atoms with E-state index in [9.17, 15) is 10.1 Å². The standard InChI is InChI=1S/C18H24N2O/c1-13-10-14(2)16(15(3)11-13)20-17(21)18(12-19)8-6-4-5-7-9-18/h10-11H,4-9H2,1-3H3,(H,20,21). The summed E-state index contributed by atoms with van der Waals surface area (Å²) in [5.41, 5.74) is 3.32. The topological polar surface area (TPSA) is 52.9 Å². The Labute approximate surface area is 127 Å². The summed E-state index contributed by atoms with van der Waals surface area (Å²) in [6.45, 7) is 6.05. The number of benzene rings is 1. The molecule has 0 heterocycles. The molecule has 1 aromatic carbocycles. The molecule has 3 nitrogen and oxygen atoms in total. The molecule has 0 unspecified atom stereocenters. The van der Waals surface area contributed by atoms with E-state index in [1.54, 1.807) is 0 Å². The van der Waals surface area contributed by atoms with Crippen LogP contribution in [0.3, 0.4) is 0 Å². The number of carbonyl (C=O) groups excluding carboxylic acids is 1. The van der Waals surface area contributed by atoms with E-state index in [1.165, 1.54) is 5.56 Å². The predicted octanol–water partition coefficient (Wildman–Crippen LogP) is 4.41. The van der Waals surface area contributed by atoms with E-state index in [-0.39, 0.29) is 5.91 Å². The Kier molecular flexibility index (Phi) is 4.67. The lowest BCUT2D eigenvalue weighted by atomic mass is 9.81. The molecule has 0 saturated heterocycles. The predicted molar refractivity (Wildman–Crippen MR) is 85.0 cm³/mol. The molecule has 1 aliphatic carbocycles. The van der Waals surface area contributed by atoms with Gasteiger partial charge in [0.25, 0.3) is 0 Å². The van der Waals surface area contributed by atoms with E-state index >= 15 is 0 Å². The molecule has 0 atom stereocenters. The number of anilines is 1. The van der Waals surface area contributed by atoms with Crippen LogP contribution in [-0.2, 0) is 4.79 Å². The summed E-state index contributed by atoms with van der Waals surface area (Å²) < 4.78 is 0. The zero-order chi connectivity index (χ0) is 15.5. The molecule has 21 heavy (non-hydrogen) atoms. The van der Waals surface area contributed by atoms with Crippen molar-refractivity contribution in [2.45, 2.75) is 59.3 Å². The van der Waals surface area contributed by atoms with Crippen molar-refractivity contribution >= 4 is 11.6 Å². The van der Waals surface area contributed by atoms with Crippen LogP contribution in [0.5, 0.6) is 0 Å². The molecule has 0 radical (unpaired) electrons. The van der Waals surface area contributed by atoms with Gasteiger partial charge in [-0.3, -0.25) is 4.79 Å². The number of aryl methyl sites for hydroxylation is 3. The molecule has 3 heteroatoms. The van der Waals surface area contributed by atoms with E-state index in [1.807, 2.05) is 20.8 Å². The summed E-state index contributed by atoms with van der Waals surface area (Å²) in [6.07, 6.45) is 5.54. The van der Waals surface area contributed by atoms with Gasteiger partial charge < -0.3 is 5.32 Å². The second kappa shape index (κ2) is 6.30. The lowest BCUT2D eigenvalue weighted by Gasteiger charge is -2.25. The van der Waals surface area contributed by atoms with Crippen molar-refractivity contribution in [3.8, 4) is 6.07 Å². The maximum Gasteiger partial charge on any atom is 0.244 e. The summed E-state index contributed by atoms with van der Waals surface area (Å²) in [4.78, 5) is 12.7. The van der Waals surface area contributed by atoms with Gasteiger partial charge in [-0.15, -0.1) is 0 Å². The third kappa shape index (κ3) is 3.26. The van der Waals surface area contributed by atoms with Crippen molar-refractivity contribution in [3.63, 3.8) is 0 Å². The highest BCUT2D eigenvalue weighted by Gasteiger charge is 2.39. The molecule has 0 spiro atoms. The van der Waals surface area contributed by atoms with Gasteiger partial charge >= 0.3 is 0 Å². The molecular formula is C18H24N2O. The Balaban J connectivity index is 2.26. The van der Waals surface area contributed by atoms with Crippen LogP contribution in [0.1, 0.15) is 55.2 Å². The van der Waals surface area contributed by atoms with Gasteiger partial charge in [0, 0.05) is 5.69 Å². The molecule has 2 rings (SSSR count). The highest BCUT2D eigenvalue weighted by atomic mass is 16.2. The third-order valence-electron chi connectivity index (χ3n) is 4.52. The zero-order valence-corrected chi connectivity index (χ0v) is 13.3. The number of hydrogen-bond acceptors (Lipinski definition) is 2. The zero-order valence-electron chi connectivity index (χ0n) is 13.3. The number of hydrogen-bond donors (Lipinski definition) is 1. The average Bonchev–Trinajstić information content (AvgIpc) is 2.68. The fraction of sp³-hybridized carbons (Fsp3) is 0.556. The third-order valence-corrected chi connectivity index (χ3v) is 4.52. The van der Waals surface area contributed by atoms with Crippen LogP contribution in [0.15, 0.2) is 12.1 Å². The van der Waals surface area contributed by atoms with Crippen LogP contribution in [0.2, 0.25) is 0 Å². The van der Waals surface area contributed by atoms with Gasteiger partial charge in [0.2, 0.25) is 5.91 Å². The van der Waals surface area contributed by atoms with Gasteiger partial charge in [0.15, 0.2) is 0 Å². The second-order valence-electron chi connectivity index (χ2n) is 6.34. The van der Waals surface area contributed by atoms with Crippen molar-refractivity contribution in [1.29, 1.82) is 5.26 Å². The number of nitrogens with zero attached hydrogens (tertiary/aromatic N) is 1. The maximum atomic E-state index is 12.7. The highest BCUT2D eigenvalue weighted by Crippen LogP contribution is 2.36. The summed E-state index contributed by atoms with van der Waals surface area (Å²) in [5.74, 6) is -0.123. The first-order valence-electron chi connectivity index (χ1n) is 7.79. The molecule has 1 N–H and O–H groups in total. The fourth-order valence-corrected chi connectivity index (χ4v) is 3.33. The van der Waals surface area contributed by atoms with Gasteiger partial charge in [-0.25, -0.2) is 0 Å². The lowest BCUT2D eigenvalue weighted by molar-refractivity contribution is -0.123. The van der Waals surface area contributed by atoms with Crippen molar-refractivity contribution in [1.82, 2.24) is 0 Å². The number of amides is 1. The van der Waals surface area contributed by atoms with E-state index in [2.05, 4.69) is 23.5 Å². The SMILES string of the molecule is Cc1cc(C)c(NC(=O)C2(C#N)CCCCCC2)c(C)c1. The number of carbonyl (C=O) groups is 1. The van der Waals surface area contributed by atoms with Crippen molar-refractivity contribution < 1.29 is 4.79 Å². The summed E-state index contributed by atoms with van der Waals surface area (Å²) in [5, 5.41) is 12.6. The molecule has 1 aromatic rings. The van der Waals surface area contributed by atoms with Crippen molar-refractivity contribution in [2.75, 3.05) is 5.32 Å². The van der Waals surface area contributed by atoms with E-state index in [0.717, 1.165) is 42.5 Å². The van der Waals surface area contributed by atoms with Gasteiger partial charge in [0.05, 0.1) is 6.07 Å². The Bertz CT molecular complexity index is 552. The largest absolute Gasteiger partial charge is 0.324 e. The van der Waals surface area contributed by atoms with Crippen LogP contribution in [0.25, 0.3) is 0 Å². The molecule has 1 amide bonds. The van der Waals surface area contributed by atoms with Crippen LogP contribution in [-0.4, -0.2) is 5.91 Å². The first kappa shape index (κ1) is 15.6. The summed E-state index contributed by atoms with van der Waals surface area (Å²) in [6, 6.07) is 6.44. The average molecular weight is 284 g/mol. The van der Waals surface area contributed by atoms with Gasteiger partial charge in [0.1, 0.15) is 5.41 Å². The number of nitriles is 1. The monoisotopic (exact) mass is 284 g/mol. The Hall–Kier alpha value is -1.82. The highest BCUT2D eigenvalue weighted by molar-refractivity contribution is 5.98. The van der Waals surface area contributed by atoms with E-state index < -0.39 is 5.41 Å². The van der Waals surface area contributed by atoms with Crippen LogP contribution in [0, 0.1) is 37.5 Å². The van der Waals surface area contributed by atoms with E-state index in [0.29, 0.717) is 12.8 Å². The minimum Gasteiger partial charge on any atom is -0.324 e. The Morgan fingerprint density at radius 1 is 1.10 bits per heavy atom. The van der Waals surface area contributed by atoms with Crippen LogP contribution in [0.4, 0.5) is 5.69 Å². The minimum absolute atomic E-state index is 0.123. The van der Waals surface area contributed by atoms with Gasteiger partial charge in [-0.1, -0.05) is 43.4 Å². The molecule has 0 bridgehead atoms. The Morgan fingerprint density at radius 2 is 1.62 bits per heavy atom. The molecule has 1 aliphatic rings. The molecule has 1 saturated carbocycles. The van der Waals surface area contributed by atoms with Crippen LogP contribution < -0.4 is 5.32 Å². The smallest absolute Gasteiger partial charge is 0.244 e. The molecule has 112 valence electrons. The Morgan fingerprint density at radius 3 is 2.10 bits per heavy atom. The quantitative estimate of drug-likeness (QED) is 0.818. The minimum atomic E-state index is -0.847. The van der Waals surface area contributed by atoms with Gasteiger partial charge in [-0.2, -0.15) is 5.26 Å². The van der Waals surface area contributed by atoms with Crippen LogP contribution >= 0.6 is 0 Å². The summed E-state index contributed by atoms with van der Waals surface area (Å²) >= 11 is 0. The van der Waals surface area contributed by atoms with Gasteiger partial charge in [-0.05, 0) is 44.7 Å². The molecule has 0 aromatic heterocycles. The summed E-state index contributed by atoms with van der Waals surface area (Å²) in [7, 11) is 0. The first-order valence-corrected chi connectivity index (χ1v) is 7.79. The van der Waals surface area contributed by atoms with Crippen molar-refractivity contribution in [3.05, 3.63) is 28.8 Å². The number of nitrogens with one attached hydrogen (secondary N) is 1. The first-order chi connectivity index (χ1) is 9.98. The lowest BCUT2D eigenvalue weighted by Crippen LogP contribution is -2.35. The fourth-order valence-electron chi connectivity index (χ4n) is 3.33. The molecule has 0 aliphatic heterocycles. The van der Waals surface area contributed by atoms with E-state index in [4.69, 9.17) is 0 Å². The molecular weight excluding hydrogens is 260 g/mol. The maximum absolute atomic E-state index is 12.7.